The van der Waals surface area contributed by atoms with Crippen LogP contribution in [-0.4, -0.2) is 29.2 Å². The molecule has 0 spiro atoms. The molecule has 0 saturated carbocycles. The van der Waals surface area contributed by atoms with Crippen molar-refractivity contribution >= 4 is 0 Å². The SMILES string of the molecule is CNC1CC(C)(C)Cc2nc(C3CC4CCC3O4)ncc21. The zero-order valence-corrected chi connectivity index (χ0v) is 13.2. The van der Waals surface area contributed by atoms with Gasteiger partial charge < -0.3 is 10.1 Å². The smallest absolute Gasteiger partial charge is 0.134 e. The summed E-state index contributed by atoms with van der Waals surface area (Å²) >= 11 is 0. The Morgan fingerprint density at radius 2 is 2.19 bits per heavy atom. The summed E-state index contributed by atoms with van der Waals surface area (Å²) in [5.41, 5.74) is 2.85. The minimum Gasteiger partial charge on any atom is -0.374 e. The molecular weight excluding hydrogens is 262 g/mol. The Morgan fingerprint density at radius 3 is 2.86 bits per heavy atom. The zero-order valence-electron chi connectivity index (χ0n) is 13.2. The molecule has 0 amide bonds. The Bertz CT molecular complexity index is 557. The molecule has 2 saturated heterocycles. The van der Waals surface area contributed by atoms with Crippen molar-refractivity contribution in [3.8, 4) is 0 Å². The largest absolute Gasteiger partial charge is 0.374 e. The van der Waals surface area contributed by atoms with Crippen LogP contribution in [0.2, 0.25) is 0 Å². The number of rotatable bonds is 2. The fourth-order valence-electron chi connectivity index (χ4n) is 4.41. The number of nitrogens with zero attached hydrogens (tertiary/aromatic N) is 2. The lowest BCUT2D eigenvalue weighted by molar-refractivity contribution is 0.0998. The zero-order chi connectivity index (χ0) is 14.6. The van der Waals surface area contributed by atoms with E-state index in [4.69, 9.17) is 14.7 Å². The lowest BCUT2D eigenvalue weighted by Crippen LogP contribution is -2.33. The summed E-state index contributed by atoms with van der Waals surface area (Å²) in [5, 5.41) is 3.43. The van der Waals surface area contributed by atoms with Crippen LogP contribution in [0.3, 0.4) is 0 Å². The highest BCUT2D eigenvalue weighted by Gasteiger charge is 2.43. The third-order valence-electron chi connectivity index (χ3n) is 5.48. The van der Waals surface area contributed by atoms with Gasteiger partial charge in [0, 0.05) is 29.4 Å². The van der Waals surface area contributed by atoms with Crippen LogP contribution in [0.25, 0.3) is 0 Å². The highest BCUT2D eigenvalue weighted by molar-refractivity contribution is 5.28. The second-order valence-corrected chi connectivity index (χ2v) is 7.73. The number of ether oxygens (including phenoxy) is 1. The van der Waals surface area contributed by atoms with Gasteiger partial charge in [-0.15, -0.1) is 0 Å². The summed E-state index contributed by atoms with van der Waals surface area (Å²) in [7, 11) is 2.04. The molecule has 4 heteroatoms. The summed E-state index contributed by atoms with van der Waals surface area (Å²) in [4.78, 5) is 9.68. The van der Waals surface area contributed by atoms with Gasteiger partial charge in [0.25, 0.3) is 0 Å². The van der Waals surface area contributed by atoms with Crippen LogP contribution in [0.4, 0.5) is 0 Å². The predicted molar refractivity (Wildman–Crippen MR) is 81.2 cm³/mol. The van der Waals surface area contributed by atoms with Crippen LogP contribution in [0, 0.1) is 5.41 Å². The molecule has 3 heterocycles. The molecule has 4 rings (SSSR count). The van der Waals surface area contributed by atoms with Crippen LogP contribution >= 0.6 is 0 Å². The van der Waals surface area contributed by atoms with E-state index >= 15 is 0 Å². The second-order valence-electron chi connectivity index (χ2n) is 7.73. The molecule has 2 bridgehead atoms. The van der Waals surface area contributed by atoms with E-state index in [1.54, 1.807) is 0 Å². The number of nitrogens with one attached hydrogen (secondary N) is 1. The molecule has 1 N–H and O–H groups in total. The molecule has 4 unspecified atom stereocenters. The Balaban J connectivity index is 1.67. The second kappa shape index (κ2) is 4.75. The van der Waals surface area contributed by atoms with E-state index in [1.807, 2.05) is 7.05 Å². The molecule has 114 valence electrons. The quantitative estimate of drug-likeness (QED) is 0.908. The Hall–Kier alpha value is -1.00. The molecule has 0 aromatic carbocycles. The fourth-order valence-corrected chi connectivity index (χ4v) is 4.41. The van der Waals surface area contributed by atoms with Crippen molar-refractivity contribution in [2.75, 3.05) is 7.05 Å². The summed E-state index contributed by atoms with van der Waals surface area (Å²) < 4.78 is 5.97. The molecular formula is C17H25N3O. The highest BCUT2D eigenvalue weighted by atomic mass is 16.5. The van der Waals surface area contributed by atoms with Crippen molar-refractivity contribution in [2.45, 2.75) is 70.1 Å². The van der Waals surface area contributed by atoms with Crippen LogP contribution in [0.1, 0.15) is 68.6 Å². The van der Waals surface area contributed by atoms with Gasteiger partial charge in [-0.25, -0.2) is 9.97 Å². The van der Waals surface area contributed by atoms with Crippen molar-refractivity contribution in [3.63, 3.8) is 0 Å². The average Bonchev–Trinajstić information content (AvgIpc) is 3.07. The van der Waals surface area contributed by atoms with Gasteiger partial charge in [-0.2, -0.15) is 0 Å². The maximum Gasteiger partial charge on any atom is 0.134 e. The fraction of sp³-hybridized carbons (Fsp3) is 0.765. The van der Waals surface area contributed by atoms with E-state index in [0.29, 0.717) is 29.6 Å². The Kier molecular flexibility index (Phi) is 3.09. The van der Waals surface area contributed by atoms with Gasteiger partial charge in [0.2, 0.25) is 0 Å². The first-order valence-corrected chi connectivity index (χ1v) is 8.24. The normalized spacial score (nSPS) is 36.7. The van der Waals surface area contributed by atoms with Crippen molar-refractivity contribution in [1.82, 2.24) is 15.3 Å². The third kappa shape index (κ3) is 2.29. The average molecular weight is 287 g/mol. The summed E-state index contributed by atoms with van der Waals surface area (Å²) in [6.45, 7) is 4.67. The Morgan fingerprint density at radius 1 is 1.33 bits per heavy atom. The summed E-state index contributed by atoms with van der Waals surface area (Å²) in [6, 6.07) is 0.383. The van der Waals surface area contributed by atoms with Crippen molar-refractivity contribution in [1.29, 1.82) is 0 Å². The molecule has 3 aliphatic rings. The number of fused-ring (bicyclic) bond motifs is 3. The molecule has 1 aromatic rings. The van der Waals surface area contributed by atoms with E-state index in [2.05, 4.69) is 25.4 Å². The topological polar surface area (TPSA) is 47.0 Å². The molecule has 2 aliphatic heterocycles. The van der Waals surface area contributed by atoms with Gasteiger partial charge in [-0.3, -0.25) is 0 Å². The molecule has 4 atom stereocenters. The predicted octanol–water partition coefficient (Wildman–Crippen LogP) is 2.74. The minimum absolute atomic E-state index is 0.303. The van der Waals surface area contributed by atoms with Crippen LogP contribution < -0.4 is 5.32 Å². The number of hydrogen-bond donors (Lipinski definition) is 1. The molecule has 1 aromatic heterocycles. The first kappa shape index (κ1) is 13.6. The van der Waals surface area contributed by atoms with E-state index in [9.17, 15) is 0 Å². The van der Waals surface area contributed by atoms with Gasteiger partial charge in [0.1, 0.15) is 5.82 Å². The van der Waals surface area contributed by atoms with Gasteiger partial charge in [-0.1, -0.05) is 13.8 Å². The van der Waals surface area contributed by atoms with Crippen molar-refractivity contribution in [3.05, 3.63) is 23.3 Å². The summed E-state index contributed by atoms with van der Waals surface area (Å²) in [5.74, 6) is 1.45. The first-order valence-electron chi connectivity index (χ1n) is 8.24. The number of aromatic nitrogens is 2. The maximum absolute atomic E-state index is 5.97. The molecule has 2 fully saturated rings. The molecule has 1 aliphatic carbocycles. The standard InChI is InChI=1S/C17H25N3O/c1-17(2)7-13(18-3)12-9-19-16(20-14(12)8-17)11-6-10-4-5-15(11)21-10/h9-11,13,15,18H,4-8H2,1-3H3. The molecule has 21 heavy (non-hydrogen) atoms. The van der Waals surface area contributed by atoms with E-state index in [-0.39, 0.29) is 0 Å². The number of hydrogen-bond acceptors (Lipinski definition) is 4. The third-order valence-corrected chi connectivity index (χ3v) is 5.48. The highest BCUT2D eigenvalue weighted by Crippen LogP contribution is 2.45. The van der Waals surface area contributed by atoms with Gasteiger partial charge in [0.05, 0.1) is 12.2 Å². The lowest BCUT2D eigenvalue weighted by Gasteiger charge is -2.36. The van der Waals surface area contributed by atoms with Crippen LogP contribution in [0.15, 0.2) is 6.20 Å². The Labute approximate surface area is 126 Å². The van der Waals surface area contributed by atoms with Crippen LogP contribution in [0.5, 0.6) is 0 Å². The van der Waals surface area contributed by atoms with Crippen LogP contribution in [-0.2, 0) is 11.2 Å². The lowest BCUT2D eigenvalue weighted by atomic mass is 9.74. The first-order chi connectivity index (χ1) is 10.1. The maximum atomic E-state index is 5.97. The van der Waals surface area contributed by atoms with Gasteiger partial charge in [0.15, 0.2) is 0 Å². The monoisotopic (exact) mass is 287 g/mol. The van der Waals surface area contributed by atoms with E-state index in [0.717, 1.165) is 25.1 Å². The van der Waals surface area contributed by atoms with Gasteiger partial charge >= 0.3 is 0 Å². The van der Waals surface area contributed by atoms with E-state index < -0.39 is 0 Å². The van der Waals surface area contributed by atoms with Crippen molar-refractivity contribution < 1.29 is 4.74 Å². The molecule has 0 radical (unpaired) electrons. The van der Waals surface area contributed by atoms with Gasteiger partial charge in [-0.05, 0) is 44.6 Å². The summed E-state index contributed by atoms with van der Waals surface area (Å²) in [6.07, 6.45) is 8.61. The van der Waals surface area contributed by atoms with Crippen molar-refractivity contribution in [2.24, 2.45) is 5.41 Å². The molecule has 4 nitrogen and oxygen atoms in total. The van der Waals surface area contributed by atoms with E-state index in [1.165, 1.54) is 24.1 Å². The minimum atomic E-state index is 0.303.